The number of aromatic nitrogens is 1. The Morgan fingerprint density at radius 3 is 2.55 bits per heavy atom. The summed E-state index contributed by atoms with van der Waals surface area (Å²) in [4.78, 5) is 16.0. The monoisotopic (exact) mass is 333 g/mol. The molecule has 0 aliphatic rings. The summed E-state index contributed by atoms with van der Waals surface area (Å²) in [5.41, 5.74) is 1.62. The number of nitrogens with two attached hydrogens (primary N) is 1. The first-order chi connectivity index (χ1) is 10.4. The van der Waals surface area contributed by atoms with Gasteiger partial charge in [0.15, 0.2) is 0 Å². The lowest BCUT2D eigenvalue weighted by molar-refractivity contribution is 0.102. The van der Waals surface area contributed by atoms with Gasteiger partial charge in [0.2, 0.25) is 4.34 Å². The Bertz CT molecular complexity index is 950. The number of carbonyl (C=O) groups is 1. The lowest BCUT2D eigenvalue weighted by Crippen LogP contribution is -2.11. The Balaban J connectivity index is 1.91. The molecule has 1 amide bonds. The fourth-order valence-electron chi connectivity index (χ4n) is 1.90. The molecule has 3 aromatic rings. The van der Waals surface area contributed by atoms with E-state index in [1.54, 1.807) is 42.5 Å². The van der Waals surface area contributed by atoms with Crippen molar-refractivity contribution in [2.24, 2.45) is 5.14 Å². The van der Waals surface area contributed by atoms with Crippen molar-refractivity contribution in [3.63, 3.8) is 0 Å². The number of thiazole rings is 1. The van der Waals surface area contributed by atoms with Crippen LogP contribution in [0, 0.1) is 0 Å². The molecule has 6 nitrogen and oxygen atoms in total. The highest BCUT2D eigenvalue weighted by Crippen LogP contribution is 2.27. The van der Waals surface area contributed by atoms with Crippen LogP contribution in [-0.2, 0) is 10.0 Å². The molecule has 0 aliphatic carbocycles. The summed E-state index contributed by atoms with van der Waals surface area (Å²) in [6, 6.07) is 13.8. The molecule has 0 saturated heterocycles. The predicted molar refractivity (Wildman–Crippen MR) is 85.4 cm³/mol. The van der Waals surface area contributed by atoms with Crippen LogP contribution in [0.4, 0.5) is 5.69 Å². The summed E-state index contributed by atoms with van der Waals surface area (Å²) in [5, 5.41) is 7.82. The number of nitrogens with one attached hydrogen (secondary N) is 1. The van der Waals surface area contributed by atoms with Crippen LogP contribution in [0.3, 0.4) is 0 Å². The van der Waals surface area contributed by atoms with Gasteiger partial charge in [-0.15, -0.1) is 11.3 Å². The van der Waals surface area contributed by atoms with Gasteiger partial charge in [-0.3, -0.25) is 4.79 Å². The fraction of sp³-hybridized carbons (Fsp3) is 0. The molecule has 0 spiro atoms. The van der Waals surface area contributed by atoms with E-state index < -0.39 is 10.0 Å². The van der Waals surface area contributed by atoms with Gasteiger partial charge >= 0.3 is 0 Å². The Morgan fingerprint density at radius 2 is 1.86 bits per heavy atom. The first-order valence-corrected chi connectivity index (χ1v) is 8.59. The number of hydrogen-bond donors (Lipinski definition) is 2. The fourth-order valence-corrected chi connectivity index (χ4v) is 3.59. The Kier molecular flexibility index (Phi) is 3.65. The van der Waals surface area contributed by atoms with Gasteiger partial charge in [0, 0.05) is 11.3 Å². The third-order valence-electron chi connectivity index (χ3n) is 2.91. The van der Waals surface area contributed by atoms with Crippen molar-refractivity contribution in [2.45, 2.75) is 4.34 Å². The van der Waals surface area contributed by atoms with E-state index in [0.717, 1.165) is 11.3 Å². The second-order valence-corrected chi connectivity index (χ2v) is 7.29. The van der Waals surface area contributed by atoms with Gasteiger partial charge in [0.25, 0.3) is 15.9 Å². The van der Waals surface area contributed by atoms with E-state index >= 15 is 0 Å². The number of rotatable bonds is 3. The highest BCUT2D eigenvalue weighted by molar-refractivity contribution is 7.91. The minimum absolute atomic E-state index is 0.144. The average Bonchev–Trinajstić information content (AvgIpc) is 2.91. The Morgan fingerprint density at radius 1 is 1.14 bits per heavy atom. The molecule has 0 saturated carbocycles. The SMILES string of the molecule is NS(=O)(=O)c1nc2ccc(NC(=O)c3ccccc3)cc2s1. The van der Waals surface area contributed by atoms with E-state index in [2.05, 4.69) is 10.3 Å². The van der Waals surface area contributed by atoms with Crippen molar-refractivity contribution in [3.05, 3.63) is 54.1 Å². The van der Waals surface area contributed by atoms with Gasteiger partial charge in [0.05, 0.1) is 10.2 Å². The minimum atomic E-state index is -3.82. The molecule has 8 heteroatoms. The molecule has 0 aliphatic heterocycles. The van der Waals surface area contributed by atoms with Gasteiger partial charge < -0.3 is 5.32 Å². The van der Waals surface area contributed by atoms with Crippen molar-refractivity contribution in [2.75, 3.05) is 5.32 Å². The van der Waals surface area contributed by atoms with Crippen LogP contribution in [0.25, 0.3) is 10.2 Å². The number of amides is 1. The molecule has 0 unspecified atom stereocenters. The molecular formula is C14H11N3O3S2. The average molecular weight is 333 g/mol. The van der Waals surface area contributed by atoms with E-state index in [-0.39, 0.29) is 10.2 Å². The molecule has 3 N–H and O–H groups in total. The quantitative estimate of drug-likeness (QED) is 0.767. The van der Waals surface area contributed by atoms with Gasteiger partial charge in [-0.25, -0.2) is 18.5 Å². The maximum Gasteiger partial charge on any atom is 0.265 e. The number of hydrogen-bond acceptors (Lipinski definition) is 5. The second kappa shape index (κ2) is 5.48. The molecule has 1 heterocycles. The number of anilines is 1. The van der Waals surface area contributed by atoms with Gasteiger partial charge in [-0.05, 0) is 30.3 Å². The van der Waals surface area contributed by atoms with E-state index in [1.165, 1.54) is 0 Å². The third-order valence-corrected chi connectivity index (χ3v) is 5.24. The summed E-state index contributed by atoms with van der Waals surface area (Å²) < 4.78 is 23.1. The topological polar surface area (TPSA) is 102 Å². The summed E-state index contributed by atoms with van der Waals surface area (Å²) >= 11 is 0.966. The van der Waals surface area contributed by atoms with Crippen molar-refractivity contribution in [1.82, 2.24) is 4.98 Å². The van der Waals surface area contributed by atoms with Crippen LogP contribution in [0.15, 0.2) is 52.9 Å². The molecule has 1 aromatic heterocycles. The summed E-state index contributed by atoms with van der Waals surface area (Å²) in [7, 11) is -3.82. The van der Waals surface area contributed by atoms with E-state index in [0.29, 0.717) is 21.5 Å². The number of benzene rings is 2. The van der Waals surface area contributed by atoms with Crippen LogP contribution in [0.2, 0.25) is 0 Å². The predicted octanol–water partition coefficient (Wildman–Crippen LogP) is 2.20. The number of primary sulfonamides is 1. The molecule has 112 valence electrons. The van der Waals surface area contributed by atoms with Crippen LogP contribution < -0.4 is 10.5 Å². The zero-order valence-corrected chi connectivity index (χ0v) is 12.8. The van der Waals surface area contributed by atoms with Crippen molar-refractivity contribution in [3.8, 4) is 0 Å². The standard InChI is InChI=1S/C14H11N3O3S2/c15-22(19,20)14-17-11-7-6-10(8-12(11)21-14)16-13(18)9-4-2-1-3-5-9/h1-8H,(H,16,18)(H2,15,19,20). The number of sulfonamides is 1. The first kappa shape index (κ1) is 14.6. The largest absolute Gasteiger partial charge is 0.322 e. The normalized spacial score (nSPS) is 11.5. The molecule has 22 heavy (non-hydrogen) atoms. The first-order valence-electron chi connectivity index (χ1n) is 6.23. The maximum absolute atomic E-state index is 12.1. The minimum Gasteiger partial charge on any atom is -0.322 e. The number of nitrogens with zero attached hydrogens (tertiary/aromatic N) is 1. The van der Waals surface area contributed by atoms with Gasteiger partial charge in [-0.2, -0.15) is 0 Å². The number of carbonyl (C=O) groups excluding carboxylic acids is 1. The highest BCUT2D eigenvalue weighted by Gasteiger charge is 2.15. The lowest BCUT2D eigenvalue weighted by Gasteiger charge is -2.04. The van der Waals surface area contributed by atoms with Crippen LogP contribution in [0.1, 0.15) is 10.4 Å². The van der Waals surface area contributed by atoms with E-state index in [9.17, 15) is 13.2 Å². The molecule has 0 atom stereocenters. The zero-order chi connectivity index (χ0) is 15.7. The van der Waals surface area contributed by atoms with Gasteiger partial charge in [-0.1, -0.05) is 18.2 Å². The van der Waals surface area contributed by atoms with Crippen LogP contribution in [-0.4, -0.2) is 19.3 Å². The van der Waals surface area contributed by atoms with E-state index in [4.69, 9.17) is 5.14 Å². The zero-order valence-electron chi connectivity index (χ0n) is 11.2. The smallest absolute Gasteiger partial charge is 0.265 e. The molecule has 3 rings (SSSR count). The van der Waals surface area contributed by atoms with Gasteiger partial charge in [0.1, 0.15) is 0 Å². The van der Waals surface area contributed by atoms with E-state index in [1.807, 2.05) is 6.07 Å². The van der Waals surface area contributed by atoms with Crippen molar-refractivity contribution >= 4 is 43.2 Å². The van der Waals surface area contributed by atoms with Crippen LogP contribution >= 0.6 is 11.3 Å². The Labute approximate surface area is 130 Å². The van der Waals surface area contributed by atoms with Crippen molar-refractivity contribution < 1.29 is 13.2 Å². The molecule has 0 radical (unpaired) electrons. The Hall–Kier alpha value is -2.29. The lowest BCUT2D eigenvalue weighted by atomic mass is 10.2. The van der Waals surface area contributed by atoms with Crippen LogP contribution in [0.5, 0.6) is 0 Å². The maximum atomic E-state index is 12.1. The molecule has 0 bridgehead atoms. The summed E-state index contributed by atoms with van der Waals surface area (Å²) in [5.74, 6) is -0.240. The second-order valence-electron chi connectivity index (χ2n) is 4.53. The molecular weight excluding hydrogens is 322 g/mol. The van der Waals surface area contributed by atoms with Crippen molar-refractivity contribution in [1.29, 1.82) is 0 Å². The third kappa shape index (κ3) is 2.98. The molecule has 2 aromatic carbocycles. The highest BCUT2D eigenvalue weighted by atomic mass is 32.2. The summed E-state index contributed by atoms with van der Waals surface area (Å²) in [6.07, 6.45) is 0. The number of fused-ring (bicyclic) bond motifs is 1. The molecule has 0 fully saturated rings. The summed E-state index contributed by atoms with van der Waals surface area (Å²) in [6.45, 7) is 0.